The number of anilines is 2. The third-order valence-electron chi connectivity index (χ3n) is 4.07. The van der Waals surface area contributed by atoms with Gasteiger partial charge in [-0.15, -0.1) is 0 Å². The van der Waals surface area contributed by atoms with E-state index in [1.165, 1.54) is 18.1 Å². The minimum atomic E-state index is -0.398. The summed E-state index contributed by atoms with van der Waals surface area (Å²) in [6.45, 7) is 6.49. The maximum atomic E-state index is 11.9. The second kappa shape index (κ2) is 8.18. The Morgan fingerprint density at radius 2 is 1.81 bits per heavy atom. The van der Waals surface area contributed by atoms with Crippen molar-refractivity contribution in [2.24, 2.45) is 0 Å². The molecule has 7 heteroatoms. The van der Waals surface area contributed by atoms with E-state index in [4.69, 9.17) is 0 Å². The van der Waals surface area contributed by atoms with Crippen molar-refractivity contribution in [3.63, 3.8) is 0 Å². The minimum Gasteiger partial charge on any atom is -0.321 e. The molecule has 0 aliphatic carbocycles. The Morgan fingerprint density at radius 3 is 2.44 bits per heavy atom. The summed E-state index contributed by atoms with van der Waals surface area (Å²) >= 11 is 1.27. The number of hydrogen-bond donors (Lipinski definition) is 0. The van der Waals surface area contributed by atoms with Crippen molar-refractivity contribution < 1.29 is 4.92 Å². The molecule has 3 aromatic rings. The zero-order valence-corrected chi connectivity index (χ0v) is 16.2. The van der Waals surface area contributed by atoms with Crippen LogP contribution in [0.25, 0.3) is 0 Å². The molecular weight excluding hydrogens is 360 g/mol. The van der Waals surface area contributed by atoms with Crippen molar-refractivity contribution in [2.45, 2.75) is 30.7 Å². The highest BCUT2D eigenvalue weighted by Gasteiger charge is 2.27. The van der Waals surface area contributed by atoms with E-state index in [-0.39, 0.29) is 5.69 Å². The summed E-state index contributed by atoms with van der Waals surface area (Å²) in [5, 5.41) is 12.2. The van der Waals surface area contributed by atoms with Gasteiger partial charge < -0.3 is 4.90 Å². The molecular formula is C20H20N4O2S. The monoisotopic (exact) mass is 380 g/mol. The van der Waals surface area contributed by atoms with Crippen LogP contribution >= 0.6 is 11.8 Å². The molecule has 0 amide bonds. The fourth-order valence-electron chi connectivity index (χ4n) is 2.75. The highest BCUT2D eigenvalue weighted by molar-refractivity contribution is 7.99. The number of benzene rings is 2. The van der Waals surface area contributed by atoms with Crippen LogP contribution in [0.15, 0.2) is 64.8 Å². The molecule has 0 saturated heterocycles. The van der Waals surface area contributed by atoms with Gasteiger partial charge in [0.05, 0.1) is 4.92 Å². The lowest BCUT2D eigenvalue weighted by atomic mass is 10.2. The van der Waals surface area contributed by atoms with Gasteiger partial charge in [0.1, 0.15) is 6.33 Å². The molecule has 1 aromatic heterocycles. The van der Waals surface area contributed by atoms with Crippen molar-refractivity contribution >= 4 is 29.0 Å². The second-order valence-corrected chi connectivity index (χ2v) is 7.17. The smallest absolute Gasteiger partial charge is 0.321 e. The highest BCUT2D eigenvalue weighted by atomic mass is 32.2. The molecule has 0 aliphatic rings. The van der Waals surface area contributed by atoms with E-state index in [2.05, 4.69) is 9.97 Å². The molecule has 0 fully saturated rings. The number of aromatic nitrogens is 2. The third kappa shape index (κ3) is 4.25. The topological polar surface area (TPSA) is 72.2 Å². The molecule has 27 heavy (non-hydrogen) atoms. The zero-order chi connectivity index (χ0) is 19.4. The second-order valence-electron chi connectivity index (χ2n) is 6.11. The molecule has 0 spiro atoms. The van der Waals surface area contributed by atoms with E-state index in [9.17, 15) is 10.1 Å². The Bertz CT molecular complexity index is 960. The Labute approximate surface area is 162 Å². The molecule has 138 valence electrons. The van der Waals surface area contributed by atoms with Gasteiger partial charge in [0, 0.05) is 17.1 Å². The first-order valence-corrected chi connectivity index (χ1v) is 9.39. The van der Waals surface area contributed by atoms with E-state index < -0.39 is 4.92 Å². The van der Waals surface area contributed by atoms with Gasteiger partial charge in [0.15, 0.2) is 5.03 Å². The largest absolute Gasteiger partial charge is 0.344 e. The first kappa shape index (κ1) is 18.8. The summed E-state index contributed by atoms with van der Waals surface area (Å²) in [6.07, 6.45) is 1.39. The van der Waals surface area contributed by atoms with E-state index in [1.807, 2.05) is 74.2 Å². The molecule has 2 aromatic carbocycles. The minimum absolute atomic E-state index is 0.0774. The maximum Gasteiger partial charge on any atom is 0.344 e. The summed E-state index contributed by atoms with van der Waals surface area (Å²) in [4.78, 5) is 22.7. The summed E-state index contributed by atoms with van der Waals surface area (Å²) in [5.74, 6) is 0.303. The maximum absolute atomic E-state index is 11.9. The molecule has 0 saturated carbocycles. The normalized spacial score (nSPS) is 10.6. The van der Waals surface area contributed by atoms with Crippen molar-refractivity contribution in [2.75, 3.05) is 11.4 Å². The molecule has 0 unspecified atom stereocenters. The molecule has 1 heterocycles. The van der Waals surface area contributed by atoms with Crippen LogP contribution in [-0.4, -0.2) is 21.4 Å². The number of rotatable bonds is 6. The fourth-order valence-corrected chi connectivity index (χ4v) is 3.61. The summed E-state index contributed by atoms with van der Waals surface area (Å²) in [5.41, 5.74) is 3.00. The van der Waals surface area contributed by atoms with Crippen molar-refractivity contribution in [3.8, 4) is 0 Å². The van der Waals surface area contributed by atoms with Crippen LogP contribution in [0.4, 0.5) is 17.2 Å². The molecule has 0 N–H and O–H groups in total. The Balaban J connectivity index is 2.07. The Kier molecular flexibility index (Phi) is 5.71. The van der Waals surface area contributed by atoms with Crippen LogP contribution in [0, 0.1) is 24.0 Å². The number of nitro groups is 1. The first-order valence-electron chi connectivity index (χ1n) is 8.57. The van der Waals surface area contributed by atoms with Crippen LogP contribution in [0.5, 0.6) is 0 Å². The van der Waals surface area contributed by atoms with Crippen LogP contribution in [-0.2, 0) is 0 Å². The molecule has 0 aliphatic heterocycles. The SMILES string of the molecule is CCN(c1cccc(C)c1)c1ncnc(Sc2ccc(C)cc2)c1[N+](=O)[O-]. The lowest BCUT2D eigenvalue weighted by molar-refractivity contribution is -0.387. The predicted molar refractivity (Wildman–Crippen MR) is 108 cm³/mol. The van der Waals surface area contributed by atoms with Crippen molar-refractivity contribution in [1.82, 2.24) is 9.97 Å². The molecule has 0 radical (unpaired) electrons. The molecule has 0 atom stereocenters. The van der Waals surface area contributed by atoms with E-state index >= 15 is 0 Å². The zero-order valence-electron chi connectivity index (χ0n) is 15.4. The molecule has 0 bridgehead atoms. The van der Waals surface area contributed by atoms with Gasteiger partial charge in [0.2, 0.25) is 5.82 Å². The highest BCUT2D eigenvalue weighted by Crippen LogP contribution is 2.40. The van der Waals surface area contributed by atoms with E-state index in [0.717, 1.165) is 21.7 Å². The van der Waals surface area contributed by atoms with Crippen LogP contribution in [0.1, 0.15) is 18.1 Å². The Morgan fingerprint density at radius 1 is 1.07 bits per heavy atom. The van der Waals surface area contributed by atoms with E-state index in [0.29, 0.717) is 17.4 Å². The fraction of sp³-hybridized carbons (Fsp3) is 0.200. The van der Waals surface area contributed by atoms with Gasteiger partial charge in [0.25, 0.3) is 0 Å². The molecule has 3 rings (SSSR count). The van der Waals surface area contributed by atoms with Gasteiger partial charge in [-0.25, -0.2) is 9.97 Å². The van der Waals surface area contributed by atoms with Gasteiger partial charge in [-0.3, -0.25) is 10.1 Å². The average Bonchev–Trinajstić information content (AvgIpc) is 2.64. The molecule has 6 nitrogen and oxygen atoms in total. The number of hydrogen-bond acceptors (Lipinski definition) is 6. The van der Waals surface area contributed by atoms with Gasteiger partial charge in [-0.05, 0) is 50.6 Å². The Hall–Kier alpha value is -2.93. The number of aryl methyl sites for hydroxylation is 2. The van der Waals surface area contributed by atoms with Crippen LogP contribution < -0.4 is 4.90 Å². The predicted octanol–water partition coefficient (Wildman–Crippen LogP) is 5.31. The van der Waals surface area contributed by atoms with Crippen molar-refractivity contribution in [3.05, 3.63) is 76.1 Å². The number of nitrogens with zero attached hydrogens (tertiary/aromatic N) is 4. The van der Waals surface area contributed by atoms with Crippen molar-refractivity contribution in [1.29, 1.82) is 0 Å². The van der Waals surface area contributed by atoms with E-state index in [1.54, 1.807) is 0 Å². The van der Waals surface area contributed by atoms with Crippen LogP contribution in [0.2, 0.25) is 0 Å². The van der Waals surface area contributed by atoms with Gasteiger partial charge in [-0.1, -0.05) is 41.6 Å². The third-order valence-corrected chi connectivity index (χ3v) is 5.07. The summed E-state index contributed by atoms with van der Waals surface area (Å²) in [6, 6.07) is 15.7. The first-order chi connectivity index (χ1) is 13.0. The average molecular weight is 380 g/mol. The lowest BCUT2D eigenvalue weighted by Gasteiger charge is -2.22. The summed E-state index contributed by atoms with van der Waals surface area (Å²) in [7, 11) is 0. The quantitative estimate of drug-likeness (QED) is 0.328. The lowest BCUT2D eigenvalue weighted by Crippen LogP contribution is -2.19. The standard InChI is InChI=1S/C20H20N4O2S/c1-4-23(16-7-5-6-15(3)12-16)19-18(24(25)26)20(22-13-21-19)27-17-10-8-14(2)9-11-17/h5-13H,4H2,1-3H3. The van der Waals surface area contributed by atoms with Crippen LogP contribution in [0.3, 0.4) is 0 Å². The van der Waals surface area contributed by atoms with Gasteiger partial charge in [-0.2, -0.15) is 0 Å². The summed E-state index contributed by atoms with van der Waals surface area (Å²) < 4.78 is 0. The van der Waals surface area contributed by atoms with Gasteiger partial charge >= 0.3 is 5.69 Å².